The monoisotopic (exact) mass is 335 g/mol. The Kier molecular flexibility index (Phi) is 6.46. The van der Waals surface area contributed by atoms with Crippen molar-refractivity contribution in [3.63, 3.8) is 0 Å². The van der Waals surface area contributed by atoms with Gasteiger partial charge in [-0.15, -0.1) is 0 Å². The van der Waals surface area contributed by atoms with Gasteiger partial charge in [0.25, 0.3) is 5.91 Å². The van der Waals surface area contributed by atoms with Gasteiger partial charge in [0.15, 0.2) is 0 Å². The van der Waals surface area contributed by atoms with E-state index in [0.717, 1.165) is 25.7 Å². The average molecular weight is 335 g/mol. The lowest BCUT2D eigenvalue weighted by molar-refractivity contribution is -0.139. The van der Waals surface area contributed by atoms with Gasteiger partial charge in [-0.2, -0.15) is 0 Å². The molecule has 1 aliphatic carbocycles. The first-order valence-electron chi connectivity index (χ1n) is 8.39. The fourth-order valence-electron chi connectivity index (χ4n) is 2.33. The summed E-state index contributed by atoms with van der Waals surface area (Å²) in [7, 11) is 1.55. The first-order chi connectivity index (χ1) is 11.5. The van der Waals surface area contributed by atoms with Crippen molar-refractivity contribution in [1.82, 2.24) is 5.32 Å². The molecule has 1 aromatic carbocycles. The molecular weight excluding hydrogens is 310 g/mol. The molecule has 2 rings (SSSR count). The molecule has 1 saturated carbocycles. The molecule has 0 aromatic heterocycles. The Morgan fingerprint density at radius 2 is 2.12 bits per heavy atom. The number of amides is 1. The highest BCUT2D eigenvalue weighted by molar-refractivity contribution is 5.99. The third kappa shape index (κ3) is 5.15. The van der Waals surface area contributed by atoms with Crippen molar-refractivity contribution in [2.45, 2.75) is 45.1 Å². The van der Waals surface area contributed by atoms with Gasteiger partial charge in [-0.05, 0) is 37.3 Å². The molecule has 1 aromatic rings. The van der Waals surface area contributed by atoms with Gasteiger partial charge in [0, 0.05) is 6.07 Å². The van der Waals surface area contributed by atoms with E-state index in [-0.39, 0.29) is 0 Å². The summed E-state index contributed by atoms with van der Waals surface area (Å²) in [6, 6.07) is 4.05. The zero-order chi connectivity index (χ0) is 17.5. The van der Waals surface area contributed by atoms with Gasteiger partial charge in [-0.3, -0.25) is 4.79 Å². The van der Waals surface area contributed by atoms with Crippen LogP contribution in [0.2, 0.25) is 0 Å². The zero-order valence-electron chi connectivity index (χ0n) is 14.2. The van der Waals surface area contributed by atoms with Gasteiger partial charge >= 0.3 is 5.97 Å². The highest BCUT2D eigenvalue weighted by atomic mass is 16.5. The van der Waals surface area contributed by atoms with Crippen molar-refractivity contribution in [3.8, 4) is 11.5 Å². The molecule has 6 heteroatoms. The second-order valence-corrected chi connectivity index (χ2v) is 6.12. The van der Waals surface area contributed by atoms with Gasteiger partial charge in [0.1, 0.15) is 17.5 Å². The summed E-state index contributed by atoms with van der Waals surface area (Å²) in [5.74, 6) is 0.109. The molecule has 1 fully saturated rings. The van der Waals surface area contributed by atoms with Crippen molar-refractivity contribution in [2.75, 3.05) is 13.7 Å². The minimum atomic E-state index is -1.02. The quantitative estimate of drug-likeness (QED) is 0.687. The molecule has 132 valence electrons. The Balaban J connectivity index is 2.11. The van der Waals surface area contributed by atoms with E-state index in [9.17, 15) is 14.7 Å². The predicted octanol–water partition coefficient (Wildman–Crippen LogP) is 2.86. The molecule has 6 nitrogen and oxygen atoms in total. The molecule has 2 N–H and O–H groups in total. The van der Waals surface area contributed by atoms with Crippen molar-refractivity contribution in [1.29, 1.82) is 0 Å². The standard InChI is InChI=1S/C18H25NO5/c1-3-4-5-15(18(21)22)19-17(20)14-9-8-13(23-2)10-16(14)24-11-12-6-7-12/h8-10,12,15H,3-7,11H2,1-2H3,(H,19,20)(H,21,22). The summed E-state index contributed by atoms with van der Waals surface area (Å²) in [6.07, 6.45) is 4.31. The van der Waals surface area contributed by atoms with Crippen LogP contribution >= 0.6 is 0 Å². The minimum absolute atomic E-state index is 0.333. The SMILES string of the molecule is CCCCC(NC(=O)c1ccc(OC)cc1OCC1CC1)C(=O)O. The third-order valence-corrected chi connectivity index (χ3v) is 4.05. The van der Waals surface area contributed by atoms with Gasteiger partial charge in [-0.25, -0.2) is 4.79 Å². The second kappa shape index (κ2) is 8.57. The number of unbranched alkanes of at least 4 members (excludes halogenated alkanes) is 1. The Morgan fingerprint density at radius 3 is 2.71 bits per heavy atom. The molecule has 0 radical (unpaired) electrons. The van der Waals surface area contributed by atoms with Crippen LogP contribution in [0.5, 0.6) is 11.5 Å². The van der Waals surface area contributed by atoms with Crippen LogP contribution in [0.4, 0.5) is 0 Å². The highest BCUT2D eigenvalue weighted by Crippen LogP contribution is 2.31. The summed E-state index contributed by atoms with van der Waals surface area (Å²) in [5.41, 5.74) is 0.333. The number of benzene rings is 1. The number of hydrogen-bond donors (Lipinski definition) is 2. The molecule has 24 heavy (non-hydrogen) atoms. The first kappa shape index (κ1) is 18.1. The number of methoxy groups -OCH3 is 1. The largest absolute Gasteiger partial charge is 0.497 e. The van der Waals surface area contributed by atoms with Crippen LogP contribution in [0.3, 0.4) is 0 Å². The molecular formula is C18H25NO5. The molecule has 1 aliphatic rings. The summed E-state index contributed by atoms with van der Waals surface area (Å²) < 4.78 is 10.9. The van der Waals surface area contributed by atoms with Crippen LogP contribution in [-0.4, -0.2) is 36.7 Å². The van der Waals surface area contributed by atoms with Crippen molar-refractivity contribution in [2.24, 2.45) is 5.92 Å². The second-order valence-electron chi connectivity index (χ2n) is 6.12. The predicted molar refractivity (Wildman–Crippen MR) is 89.6 cm³/mol. The lowest BCUT2D eigenvalue weighted by Gasteiger charge is -2.17. The van der Waals surface area contributed by atoms with Crippen molar-refractivity contribution >= 4 is 11.9 Å². The Hall–Kier alpha value is -2.24. The molecule has 1 unspecified atom stereocenters. The summed E-state index contributed by atoms with van der Waals surface area (Å²) in [5, 5.41) is 11.9. The Bertz CT molecular complexity index is 583. The number of nitrogens with one attached hydrogen (secondary N) is 1. The molecule has 0 bridgehead atoms. The maximum absolute atomic E-state index is 12.5. The molecule has 0 saturated heterocycles. The van der Waals surface area contributed by atoms with E-state index in [1.807, 2.05) is 6.92 Å². The third-order valence-electron chi connectivity index (χ3n) is 4.05. The van der Waals surface area contributed by atoms with Gasteiger partial charge < -0.3 is 19.9 Å². The fraction of sp³-hybridized carbons (Fsp3) is 0.556. The van der Waals surface area contributed by atoms with E-state index in [4.69, 9.17) is 9.47 Å². The summed E-state index contributed by atoms with van der Waals surface area (Å²) >= 11 is 0. The van der Waals surface area contributed by atoms with Gasteiger partial charge in [0.2, 0.25) is 0 Å². The van der Waals surface area contributed by atoms with E-state index >= 15 is 0 Å². The number of carboxylic acid groups (broad SMARTS) is 1. The van der Waals surface area contributed by atoms with Crippen LogP contribution in [0, 0.1) is 5.92 Å². The molecule has 0 heterocycles. The molecule has 0 aliphatic heterocycles. The van der Waals surface area contributed by atoms with Crippen LogP contribution in [0.15, 0.2) is 18.2 Å². The summed E-state index contributed by atoms with van der Waals surface area (Å²) in [4.78, 5) is 23.8. The number of rotatable bonds is 10. The Labute approximate surface area is 142 Å². The van der Waals surface area contributed by atoms with E-state index in [1.165, 1.54) is 0 Å². The van der Waals surface area contributed by atoms with Gasteiger partial charge in [-0.1, -0.05) is 19.8 Å². The van der Waals surface area contributed by atoms with Crippen LogP contribution in [0.1, 0.15) is 49.4 Å². The number of hydrogen-bond acceptors (Lipinski definition) is 4. The van der Waals surface area contributed by atoms with Crippen LogP contribution < -0.4 is 14.8 Å². The normalized spacial score (nSPS) is 14.8. The van der Waals surface area contributed by atoms with Crippen LogP contribution in [0.25, 0.3) is 0 Å². The van der Waals surface area contributed by atoms with E-state index in [1.54, 1.807) is 25.3 Å². The molecule has 0 spiro atoms. The number of carbonyl (C=O) groups is 2. The smallest absolute Gasteiger partial charge is 0.326 e. The van der Waals surface area contributed by atoms with Crippen molar-refractivity contribution < 1.29 is 24.2 Å². The zero-order valence-corrected chi connectivity index (χ0v) is 14.2. The number of carboxylic acids is 1. The van der Waals surface area contributed by atoms with Gasteiger partial charge in [0.05, 0.1) is 19.3 Å². The van der Waals surface area contributed by atoms with E-state index < -0.39 is 17.9 Å². The average Bonchev–Trinajstić information content (AvgIpc) is 3.40. The lowest BCUT2D eigenvalue weighted by Crippen LogP contribution is -2.40. The topological polar surface area (TPSA) is 84.9 Å². The maximum Gasteiger partial charge on any atom is 0.326 e. The first-order valence-corrected chi connectivity index (χ1v) is 8.39. The lowest BCUT2D eigenvalue weighted by atomic mass is 10.1. The number of aliphatic carboxylic acids is 1. The number of ether oxygens (including phenoxy) is 2. The molecule has 1 atom stereocenters. The molecule has 1 amide bonds. The maximum atomic E-state index is 12.5. The van der Waals surface area contributed by atoms with Crippen molar-refractivity contribution in [3.05, 3.63) is 23.8 Å². The van der Waals surface area contributed by atoms with E-state index in [2.05, 4.69) is 5.32 Å². The van der Waals surface area contributed by atoms with E-state index in [0.29, 0.717) is 36.0 Å². The Morgan fingerprint density at radius 1 is 1.38 bits per heavy atom. The fourth-order valence-corrected chi connectivity index (χ4v) is 2.33. The number of carbonyl (C=O) groups excluding carboxylic acids is 1. The summed E-state index contributed by atoms with van der Waals surface area (Å²) in [6.45, 7) is 2.54. The van der Waals surface area contributed by atoms with Crippen LogP contribution in [-0.2, 0) is 4.79 Å². The minimum Gasteiger partial charge on any atom is -0.497 e. The highest BCUT2D eigenvalue weighted by Gasteiger charge is 2.25.